The average molecular weight is 288 g/mol. The van der Waals surface area contributed by atoms with Gasteiger partial charge in [0.15, 0.2) is 0 Å². The Morgan fingerprint density at radius 1 is 1.24 bits per heavy atom. The monoisotopic (exact) mass is 288 g/mol. The number of imidazole rings is 1. The molecule has 1 aromatic heterocycles. The van der Waals surface area contributed by atoms with Gasteiger partial charge in [0.25, 0.3) is 5.91 Å². The predicted octanol–water partition coefficient (Wildman–Crippen LogP) is 1.92. The van der Waals surface area contributed by atoms with Gasteiger partial charge in [0, 0.05) is 18.0 Å². The lowest BCUT2D eigenvalue weighted by molar-refractivity contribution is 0.0752. The van der Waals surface area contributed by atoms with Crippen LogP contribution in [0, 0.1) is 11.8 Å². The molecular weight excluding hydrogens is 264 g/mol. The number of nitrogens with zero attached hydrogens (tertiary/aromatic N) is 1. The maximum absolute atomic E-state index is 12.5. The highest BCUT2D eigenvalue weighted by Gasteiger charge is 2.40. The number of hydrogen-bond acceptors (Lipinski definition) is 3. The summed E-state index contributed by atoms with van der Waals surface area (Å²) in [6.07, 6.45) is 9.86. The van der Waals surface area contributed by atoms with Crippen LogP contribution in [0.3, 0.4) is 0 Å². The topological polar surface area (TPSA) is 83.8 Å². The molecule has 2 unspecified atom stereocenters. The summed E-state index contributed by atoms with van der Waals surface area (Å²) in [6, 6.07) is 0.626. The van der Waals surface area contributed by atoms with Gasteiger partial charge in [0.05, 0.1) is 6.20 Å². The number of nitrogens with one attached hydrogen (secondary N) is 2. The number of carbonyl (C=O) groups is 1. The molecule has 114 valence electrons. The van der Waals surface area contributed by atoms with E-state index in [-0.39, 0.29) is 5.91 Å². The minimum absolute atomic E-state index is 0.00627. The highest BCUT2D eigenvalue weighted by Crippen LogP contribution is 2.40. The molecular formula is C16H24N4O. The van der Waals surface area contributed by atoms with E-state index in [2.05, 4.69) is 15.3 Å². The minimum atomic E-state index is 0.00627. The van der Waals surface area contributed by atoms with Gasteiger partial charge in [-0.1, -0.05) is 6.42 Å². The second kappa shape index (κ2) is 5.13. The summed E-state index contributed by atoms with van der Waals surface area (Å²) in [4.78, 5) is 20.0. The summed E-state index contributed by atoms with van der Waals surface area (Å²) in [6.45, 7) is 0. The Kier molecular flexibility index (Phi) is 3.25. The smallest absolute Gasteiger partial charge is 0.269 e. The van der Waals surface area contributed by atoms with Crippen molar-refractivity contribution in [3.05, 3.63) is 17.7 Å². The molecule has 3 aliphatic carbocycles. The second-order valence-corrected chi connectivity index (χ2v) is 7.14. The Hall–Kier alpha value is -1.36. The van der Waals surface area contributed by atoms with Crippen molar-refractivity contribution < 1.29 is 4.79 Å². The molecule has 5 nitrogen and oxygen atoms in total. The van der Waals surface area contributed by atoms with Crippen molar-refractivity contribution in [1.29, 1.82) is 0 Å². The molecule has 0 aromatic carbocycles. The van der Waals surface area contributed by atoms with E-state index in [4.69, 9.17) is 5.73 Å². The van der Waals surface area contributed by atoms with Gasteiger partial charge in [-0.3, -0.25) is 4.79 Å². The molecule has 5 heteroatoms. The summed E-state index contributed by atoms with van der Waals surface area (Å²) in [5.74, 6) is 2.65. The van der Waals surface area contributed by atoms with E-state index >= 15 is 0 Å². The van der Waals surface area contributed by atoms with E-state index in [1.54, 1.807) is 6.20 Å². The summed E-state index contributed by atoms with van der Waals surface area (Å²) < 4.78 is 0. The largest absolute Gasteiger partial charge is 0.347 e. The number of amides is 1. The molecule has 4 rings (SSSR count). The fourth-order valence-electron chi connectivity index (χ4n) is 4.27. The van der Waals surface area contributed by atoms with Crippen LogP contribution in [0.25, 0.3) is 0 Å². The number of nitrogens with two attached hydrogens (primary N) is 1. The molecule has 0 spiro atoms. The van der Waals surface area contributed by atoms with Crippen LogP contribution in [-0.4, -0.2) is 28.0 Å². The van der Waals surface area contributed by atoms with Gasteiger partial charge < -0.3 is 16.0 Å². The number of carbonyl (C=O) groups excluding carboxylic acids is 1. The van der Waals surface area contributed by atoms with Crippen LogP contribution in [0.2, 0.25) is 0 Å². The Bertz CT molecular complexity index is 522. The standard InChI is InChI=1S/C16H24N4O/c17-12-6-10-2-1-3-11(7-12)14(10)20-16(21)13-8-18-15(19-13)9-4-5-9/h8-12,14H,1-7,17H2,(H,18,19)(H,20,21). The number of H-pyrrole nitrogens is 1. The van der Waals surface area contributed by atoms with E-state index in [0.29, 0.717) is 35.5 Å². The molecule has 3 aliphatic rings. The van der Waals surface area contributed by atoms with E-state index in [0.717, 1.165) is 18.7 Å². The van der Waals surface area contributed by atoms with Gasteiger partial charge in [-0.15, -0.1) is 0 Å². The highest BCUT2D eigenvalue weighted by molar-refractivity contribution is 5.92. The zero-order valence-corrected chi connectivity index (χ0v) is 12.3. The predicted molar refractivity (Wildman–Crippen MR) is 79.9 cm³/mol. The van der Waals surface area contributed by atoms with Gasteiger partial charge in [-0.2, -0.15) is 0 Å². The molecule has 0 saturated heterocycles. The lowest BCUT2D eigenvalue weighted by atomic mass is 9.67. The summed E-state index contributed by atoms with van der Waals surface area (Å²) >= 11 is 0. The van der Waals surface area contributed by atoms with Crippen LogP contribution < -0.4 is 11.1 Å². The van der Waals surface area contributed by atoms with Gasteiger partial charge in [0.2, 0.25) is 0 Å². The van der Waals surface area contributed by atoms with Crippen molar-refractivity contribution in [3.8, 4) is 0 Å². The maximum atomic E-state index is 12.5. The van der Waals surface area contributed by atoms with Crippen molar-refractivity contribution in [2.45, 2.75) is 62.9 Å². The number of aromatic nitrogens is 2. The fraction of sp³-hybridized carbons (Fsp3) is 0.750. The Morgan fingerprint density at radius 2 is 1.95 bits per heavy atom. The van der Waals surface area contributed by atoms with E-state index in [1.165, 1.54) is 32.1 Å². The third-order valence-corrected chi connectivity index (χ3v) is 5.48. The first-order valence-corrected chi connectivity index (χ1v) is 8.32. The molecule has 1 amide bonds. The molecule has 3 saturated carbocycles. The van der Waals surface area contributed by atoms with Gasteiger partial charge in [-0.05, 0) is 50.4 Å². The van der Waals surface area contributed by atoms with E-state index < -0.39 is 0 Å². The average Bonchev–Trinajstić information content (AvgIpc) is 3.17. The molecule has 0 aliphatic heterocycles. The van der Waals surface area contributed by atoms with Gasteiger partial charge in [0.1, 0.15) is 11.5 Å². The number of fused-ring (bicyclic) bond motifs is 2. The summed E-state index contributed by atoms with van der Waals surface area (Å²) in [5.41, 5.74) is 6.76. The SMILES string of the molecule is NC1CC2CCCC(C1)C2NC(=O)c1cnc(C2CC2)[nH]1. The molecule has 21 heavy (non-hydrogen) atoms. The molecule has 4 N–H and O–H groups in total. The van der Waals surface area contributed by atoms with Crippen LogP contribution in [-0.2, 0) is 0 Å². The fourth-order valence-corrected chi connectivity index (χ4v) is 4.27. The Labute approximate surface area is 125 Å². The van der Waals surface area contributed by atoms with Gasteiger partial charge in [-0.25, -0.2) is 4.98 Å². The maximum Gasteiger partial charge on any atom is 0.269 e. The lowest BCUT2D eigenvalue weighted by Gasteiger charge is -2.45. The van der Waals surface area contributed by atoms with Crippen molar-refractivity contribution in [2.24, 2.45) is 17.6 Å². The first-order valence-electron chi connectivity index (χ1n) is 8.32. The first-order chi connectivity index (χ1) is 10.2. The lowest BCUT2D eigenvalue weighted by Crippen LogP contribution is -2.53. The van der Waals surface area contributed by atoms with Crippen LogP contribution in [0.1, 0.15) is 67.2 Å². The highest BCUT2D eigenvalue weighted by atomic mass is 16.2. The Morgan fingerprint density at radius 3 is 2.62 bits per heavy atom. The third kappa shape index (κ3) is 2.59. The number of rotatable bonds is 3. The Balaban J connectivity index is 1.45. The van der Waals surface area contributed by atoms with Crippen molar-refractivity contribution in [2.75, 3.05) is 0 Å². The molecule has 2 bridgehead atoms. The normalized spacial score (nSPS) is 35.5. The van der Waals surface area contributed by atoms with Crippen molar-refractivity contribution in [3.63, 3.8) is 0 Å². The summed E-state index contributed by atoms with van der Waals surface area (Å²) in [5, 5.41) is 3.26. The second-order valence-electron chi connectivity index (χ2n) is 7.14. The van der Waals surface area contributed by atoms with Crippen molar-refractivity contribution >= 4 is 5.91 Å². The third-order valence-electron chi connectivity index (χ3n) is 5.48. The molecule has 1 heterocycles. The number of aromatic amines is 1. The van der Waals surface area contributed by atoms with Crippen molar-refractivity contribution in [1.82, 2.24) is 15.3 Å². The molecule has 1 aromatic rings. The molecule has 3 fully saturated rings. The molecule has 2 atom stereocenters. The quantitative estimate of drug-likeness (QED) is 0.794. The zero-order valence-electron chi connectivity index (χ0n) is 12.3. The first kappa shape index (κ1) is 13.3. The van der Waals surface area contributed by atoms with Crippen LogP contribution in [0.15, 0.2) is 6.20 Å². The van der Waals surface area contributed by atoms with Crippen LogP contribution in [0.4, 0.5) is 0 Å². The zero-order chi connectivity index (χ0) is 14.4. The van der Waals surface area contributed by atoms with E-state index in [1.807, 2.05) is 0 Å². The number of hydrogen-bond donors (Lipinski definition) is 3. The minimum Gasteiger partial charge on any atom is -0.347 e. The summed E-state index contributed by atoms with van der Waals surface area (Å²) in [7, 11) is 0. The van der Waals surface area contributed by atoms with Crippen LogP contribution in [0.5, 0.6) is 0 Å². The van der Waals surface area contributed by atoms with Crippen LogP contribution >= 0.6 is 0 Å². The van der Waals surface area contributed by atoms with Gasteiger partial charge >= 0.3 is 0 Å². The van der Waals surface area contributed by atoms with E-state index in [9.17, 15) is 4.79 Å². The molecule has 0 radical (unpaired) electrons.